The molecule has 3 rings (SSSR count). The summed E-state index contributed by atoms with van der Waals surface area (Å²) in [6.45, 7) is 3.87. The standard InChI is InChI=1S/C16H19N3O3/c1-4-12-9(2)15(22-19-12)18-14(20)11-8-10-6-5-7-13(10)17-16(11)21-3/h8H,4-7H2,1-3H3,(H,18,20). The van der Waals surface area contributed by atoms with Crippen molar-refractivity contribution in [1.29, 1.82) is 0 Å². The highest BCUT2D eigenvalue weighted by atomic mass is 16.5. The second-order valence-corrected chi connectivity index (χ2v) is 5.40. The molecule has 6 heteroatoms. The van der Waals surface area contributed by atoms with Gasteiger partial charge in [-0.05, 0) is 44.2 Å². The Morgan fingerprint density at radius 3 is 2.95 bits per heavy atom. The van der Waals surface area contributed by atoms with Gasteiger partial charge in [0.15, 0.2) is 0 Å². The number of carbonyl (C=O) groups excluding carboxylic acids is 1. The average molecular weight is 301 g/mol. The van der Waals surface area contributed by atoms with Gasteiger partial charge in [0, 0.05) is 11.3 Å². The number of carbonyl (C=O) groups is 1. The number of ether oxygens (including phenoxy) is 1. The van der Waals surface area contributed by atoms with Crippen molar-refractivity contribution in [3.8, 4) is 5.88 Å². The molecule has 1 N–H and O–H groups in total. The molecular weight excluding hydrogens is 282 g/mol. The molecule has 0 bridgehead atoms. The molecule has 2 heterocycles. The minimum atomic E-state index is -0.291. The fourth-order valence-electron chi connectivity index (χ4n) is 2.76. The van der Waals surface area contributed by atoms with Gasteiger partial charge in [-0.1, -0.05) is 12.1 Å². The van der Waals surface area contributed by atoms with Gasteiger partial charge in [0.2, 0.25) is 11.8 Å². The lowest BCUT2D eigenvalue weighted by atomic mass is 10.1. The van der Waals surface area contributed by atoms with E-state index in [1.54, 1.807) is 0 Å². The van der Waals surface area contributed by atoms with Crippen molar-refractivity contribution in [2.75, 3.05) is 12.4 Å². The first-order chi connectivity index (χ1) is 10.6. The number of pyridine rings is 1. The van der Waals surface area contributed by atoms with Crippen LogP contribution in [0.15, 0.2) is 10.6 Å². The third kappa shape index (κ3) is 2.45. The van der Waals surface area contributed by atoms with Crippen LogP contribution in [0.5, 0.6) is 5.88 Å². The van der Waals surface area contributed by atoms with Gasteiger partial charge in [-0.15, -0.1) is 0 Å². The highest BCUT2D eigenvalue weighted by molar-refractivity contribution is 6.05. The maximum absolute atomic E-state index is 12.5. The van der Waals surface area contributed by atoms with Gasteiger partial charge < -0.3 is 9.26 Å². The molecule has 0 unspecified atom stereocenters. The zero-order chi connectivity index (χ0) is 15.7. The van der Waals surface area contributed by atoms with Crippen LogP contribution in [-0.4, -0.2) is 23.2 Å². The lowest BCUT2D eigenvalue weighted by Crippen LogP contribution is -2.15. The third-order valence-corrected chi connectivity index (χ3v) is 4.04. The van der Waals surface area contributed by atoms with E-state index in [4.69, 9.17) is 9.26 Å². The zero-order valence-corrected chi connectivity index (χ0v) is 13.0. The molecule has 1 aliphatic carbocycles. The van der Waals surface area contributed by atoms with Crippen molar-refractivity contribution >= 4 is 11.8 Å². The number of fused-ring (bicyclic) bond motifs is 1. The number of nitrogens with zero attached hydrogens (tertiary/aromatic N) is 2. The van der Waals surface area contributed by atoms with Gasteiger partial charge >= 0.3 is 0 Å². The Bertz CT molecular complexity index is 722. The number of hydrogen-bond donors (Lipinski definition) is 1. The number of aryl methyl sites for hydroxylation is 3. The first-order valence-corrected chi connectivity index (χ1v) is 7.47. The van der Waals surface area contributed by atoms with E-state index in [1.165, 1.54) is 7.11 Å². The van der Waals surface area contributed by atoms with E-state index in [9.17, 15) is 4.79 Å². The monoisotopic (exact) mass is 301 g/mol. The summed E-state index contributed by atoms with van der Waals surface area (Å²) in [7, 11) is 1.52. The summed E-state index contributed by atoms with van der Waals surface area (Å²) in [4.78, 5) is 17.0. The van der Waals surface area contributed by atoms with E-state index in [0.717, 1.165) is 48.2 Å². The smallest absolute Gasteiger partial charge is 0.263 e. The maximum atomic E-state index is 12.5. The maximum Gasteiger partial charge on any atom is 0.263 e. The molecule has 0 radical (unpaired) electrons. The van der Waals surface area contributed by atoms with Crippen LogP contribution < -0.4 is 10.1 Å². The molecule has 0 fully saturated rings. The van der Waals surface area contributed by atoms with E-state index >= 15 is 0 Å². The van der Waals surface area contributed by atoms with Gasteiger partial charge in [-0.25, -0.2) is 4.98 Å². The fourth-order valence-corrected chi connectivity index (χ4v) is 2.76. The Kier molecular flexibility index (Phi) is 3.83. The van der Waals surface area contributed by atoms with Crippen molar-refractivity contribution in [3.05, 3.63) is 34.1 Å². The Morgan fingerprint density at radius 2 is 2.27 bits per heavy atom. The van der Waals surface area contributed by atoms with Gasteiger partial charge in [0.1, 0.15) is 5.56 Å². The molecule has 22 heavy (non-hydrogen) atoms. The van der Waals surface area contributed by atoms with Crippen molar-refractivity contribution in [2.45, 2.75) is 39.5 Å². The molecule has 116 valence electrons. The zero-order valence-electron chi connectivity index (χ0n) is 13.0. The quantitative estimate of drug-likeness (QED) is 0.939. The Morgan fingerprint density at radius 1 is 1.45 bits per heavy atom. The molecule has 0 saturated carbocycles. The van der Waals surface area contributed by atoms with Crippen LogP contribution in [0.25, 0.3) is 0 Å². The highest BCUT2D eigenvalue weighted by Gasteiger charge is 2.22. The van der Waals surface area contributed by atoms with Crippen LogP contribution in [0.3, 0.4) is 0 Å². The summed E-state index contributed by atoms with van der Waals surface area (Å²) in [5.74, 6) is 0.441. The van der Waals surface area contributed by atoms with Crippen LogP contribution in [-0.2, 0) is 19.3 Å². The second kappa shape index (κ2) is 5.79. The highest BCUT2D eigenvalue weighted by Crippen LogP contribution is 2.28. The number of amides is 1. The summed E-state index contributed by atoms with van der Waals surface area (Å²) in [5, 5.41) is 6.70. The van der Waals surface area contributed by atoms with Gasteiger partial charge in [0.25, 0.3) is 5.91 Å². The predicted octanol–water partition coefficient (Wildman–Crippen LogP) is 2.69. The van der Waals surface area contributed by atoms with E-state index in [1.807, 2.05) is 19.9 Å². The third-order valence-electron chi connectivity index (χ3n) is 4.04. The van der Waals surface area contributed by atoms with Gasteiger partial charge in [-0.2, -0.15) is 0 Å². The van der Waals surface area contributed by atoms with E-state index in [-0.39, 0.29) is 5.91 Å². The van der Waals surface area contributed by atoms with Crippen LogP contribution >= 0.6 is 0 Å². The molecule has 0 atom stereocenters. The minimum absolute atomic E-state index is 0.291. The Balaban J connectivity index is 1.90. The molecule has 6 nitrogen and oxygen atoms in total. The molecule has 1 aliphatic rings. The molecular formula is C16H19N3O3. The van der Waals surface area contributed by atoms with Crippen molar-refractivity contribution < 1.29 is 14.1 Å². The van der Waals surface area contributed by atoms with Crippen molar-refractivity contribution in [1.82, 2.24) is 10.1 Å². The van der Waals surface area contributed by atoms with Crippen LogP contribution in [0.4, 0.5) is 5.88 Å². The lowest BCUT2D eigenvalue weighted by Gasteiger charge is -2.10. The molecule has 2 aromatic rings. The lowest BCUT2D eigenvalue weighted by molar-refractivity contribution is 0.102. The fraction of sp³-hybridized carbons (Fsp3) is 0.438. The van der Waals surface area contributed by atoms with Crippen LogP contribution in [0, 0.1) is 6.92 Å². The van der Waals surface area contributed by atoms with E-state index < -0.39 is 0 Å². The summed E-state index contributed by atoms with van der Waals surface area (Å²) < 4.78 is 10.5. The minimum Gasteiger partial charge on any atom is -0.480 e. The summed E-state index contributed by atoms with van der Waals surface area (Å²) in [6.07, 6.45) is 3.72. The number of hydrogen-bond acceptors (Lipinski definition) is 5. The van der Waals surface area contributed by atoms with Crippen LogP contribution in [0.1, 0.15) is 46.2 Å². The van der Waals surface area contributed by atoms with E-state index in [2.05, 4.69) is 15.5 Å². The molecule has 0 aliphatic heterocycles. The molecule has 2 aromatic heterocycles. The molecule has 1 amide bonds. The number of anilines is 1. The topological polar surface area (TPSA) is 77.3 Å². The molecule has 0 aromatic carbocycles. The van der Waals surface area contributed by atoms with Gasteiger partial charge in [-0.3, -0.25) is 10.1 Å². The number of rotatable bonds is 4. The van der Waals surface area contributed by atoms with Crippen molar-refractivity contribution in [3.63, 3.8) is 0 Å². The first kappa shape index (κ1) is 14.6. The number of methoxy groups -OCH3 is 1. The molecule has 0 saturated heterocycles. The normalized spacial score (nSPS) is 13.0. The Labute approximate surface area is 128 Å². The second-order valence-electron chi connectivity index (χ2n) is 5.40. The van der Waals surface area contributed by atoms with Gasteiger partial charge in [0.05, 0.1) is 12.8 Å². The summed E-state index contributed by atoms with van der Waals surface area (Å²) in [6, 6.07) is 1.87. The molecule has 0 spiro atoms. The average Bonchev–Trinajstić information content (AvgIpc) is 3.12. The first-order valence-electron chi connectivity index (χ1n) is 7.47. The van der Waals surface area contributed by atoms with Crippen LogP contribution in [0.2, 0.25) is 0 Å². The summed E-state index contributed by atoms with van der Waals surface area (Å²) in [5.41, 5.74) is 4.27. The van der Waals surface area contributed by atoms with E-state index in [0.29, 0.717) is 17.3 Å². The van der Waals surface area contributed by atoms with Crippen molar-refractivity contribution in [2.24, 2.45) is 0 Å². The number of aromatic nitrogens is 2. The predicted molar refractivity (Wildman–Crippen MR) is 81.4 cm³/mol. The summed E-state index contributed by atoms with van der Waals surface area (Å²) >= 11 is 0. The SMILES string of the molecule is CCc1noc(NC(=O)c2cc3c(nc2OC)CCC3)c1C. The Hall–Kier alpha value is -2.37. The number of nitrogens with one attached hydrogen (secondary N) is 1. The largest absolute Gasteiger partial charge is 0.480 e.